The topological polar surface area (TPSA) is 54.9 Å². The molecule has 1 amide bonds. The molecule has 0 radical (unpaired) electrons. The first-order valence-electron chi connectivity index (χ1n) is 6.88. The molecule has 0 aliphatic carbocycles. The number of rotatable bonds is 5. The van der Waals surface area contributed by atoms with Gasteiger partial charge in [0.25, 0.3) is 5.91 Å². The summed E-state index contributed by atoms with van der Waals surface area (Å²) in [6, 6.07) is 10.1. The van der Waals surface area contributed by atoms with E-state index in [0.717, 1.165) is 22.1 Å². The summed E-state index contributed by atoms with van der Waals surface area (Å²) in [5.41, 5.74) is 2.65. The number of carbonyl (C=O) groups excluding carboxylic acids is 1. The monoisotopic (exact) mass is 329 g/mol. The lowest BCUT2D eigenvalue weighted by Crippen LogP contribution is -2.23. The van der Waals surface area contributed by atoms with Crippen molar-refractivity contribution in [1.82, 2.24) is 15.3 Å². The van der Waals surface area contributed by atoms with Crippen molar-refractivity contribution in [2.45, 2.75) is 19.9 Å². The highest BCUT2D eigenvalue weighted by Crippen LogP contribution is 2.15. The average Bonchev–Trinajstić information content (AvgIpc) is 3.15. The van der Waals surface area contributed by atoms with Gasteiger partial charge in [-0.25, -0.2) is 9.97 Å². The van der Waals surface area contributed by atoms with Crippen molar-refractivity contribution in [1.29, 1.82) is 0 Å². The number of aromatic nitrogens is 2. The van der Waals surface area contributed by atoms with Crippen LogP contribution in [0.3, 0.4) is 0 Å². The van der Waals surface area contributed by atoms with Gasteiger partial charge in [0.2, 0.25) is 0 Å². The molecule has 3 aromatic rings. The van der Waals surface area contributed by atoms with Gasteiger partial charge in [0.15, 0.2) is 0 Å². The van der Waals surface area contributed by atoms with Crippen molar-refractivity contribution in [2.75, 3.05) is 0 Å². The number of hydrogen-bond donors (Lipinski definition) is 1. The number of amides is 1. The Morgan fingerprint density at radius 2 is 1.86 bits per heavy atom. The van der Waals surface area contributed by atoms with Gasteiger partial charge in [0.1, 0.15) is 10.7 Å². The van der Waals surface area contributed by atoms with Crippen LogP contribution in [0.15, 0.2) is 41.1 Å². The molecule has 2 heterocycles. The van der Waals surface area contributed by atoms with Crippen LogP contribution in [0.2, 0.25) is 0 Å². The van der Waals surface area contributed by atoms with Gasteiger partial charge in [-0.2, -0.15) is 0 Å². The molecule has 0 fully saturated rings. The molecule has 0 bridgehead atoms. The summed E-state index contributed by atoms with van der Waals surface area (Å²) in [4.78, 5) is 20.8. The number of nitrogens with zero attached hydrogens (tertiary/aromatic N) is 2. The normalized spacial score (nSPS) is 10.6. The van der Waals surface area contributed by atoms with E-state index in [-0.39, 0.29) is 5.91 Å². The van der Waals surface area contributed by atoms with Gasteiger partial charge < -0.3 is 5.32 Å². The maximum atomic E-state index is 12.1. The molecule has 0 spiro atoms. The molecule has 6 heteroatoms. The van der Waals surface area contributed by atoms with Gasteiger partial charge in [0.05, 0.1) is 11.6 Å². The second-order valence-electron chi connectivity index (χ2n) is 4.85. The van der Waals surface area contributed by atoms with E-state index in [1.165, 1.54) is 16.9 Å². The zero-order chi connectivity index (χ0) is 15.4. The van der Waals surface area contributed by atoms with Crippen LogP contribution in [-0.4, -0.2) is 15.9 Å². The van der Waals surface area contributed by atoms with Gasteiger partial charge in [-0.05, 0) is 12.5 Å². The number of benzene rings is 1. The third-order valence-corrected chi connectivity index (χ3v) is 4.86. The molecule has 1 N–H and O–H groups in total. The van der Waals surface area contributed by atoms with Crippen LogP contribution in [0.25, 0.3) is 0 Å². The number of thiazole rings is 2. The lowest BCUT2D eigenvalue weighted by Gasteiger charge is -2.00. The third kappa shape index (κ3) is 3.78. The number of carbonyl (C=O) groups is 1. The lowest BCUT2D eigenvalue weighted by atomic mass is 10.2. The molecule has 0 aliphatic heterocycles. The summed E-state index contributed by atoms with van der Waals surface area (Å²) in [6.07, 6.45) is 0.754. The Morgan fingerprint density at radius 1 is 1.09 bits per heavy atom. The number of aryl methyl sites for hydroxylation is 1. The van der Waals surface area contributed by atoms with Crippen molar-refractivity contribution in [3.05, 3.63) is 68.1 Å². The molecular weight excluding hydrogens is 314 g/mol. The predicted molar refractivity (Wildman–Crippen MR) is 89.4 cm³/mol. The van der Waals surface area contributed by atoms with Crippen LogP contribution in [0.4, 0.5) is 0 Å². The molecule has 1 aromatic carbocycles. The third-order valence-electron chi connectivity index (χ3n) is 3.05. The highest BCUT2D eigenvalue weighted by atomic mass is 32.1. The molecule has 0 aliphatic rings. The second-order valence-corrected chi connectivity index (χ2v) is 6.74. The van der Waals surface area contributed by atoms with Gasteiger partial charge in [-0.1, -0.05) is 30.3 Å². The summed E-state index contributed by atoms with van der Waals surface area (Å²) in [5.74, 6) is -0.150. The fraction of sp³-hybridized carbons (Fsp3) is 0.188. The van der Waals surface area contributed by atoms with Gasteiger partial charge in [-0.3, -0.25) is 4.79 Å². The fourth-order valence-corrected chi connectivity index (χ4v) is 3.52. The minimum absolute atomic E-state index is 0.150. The first kappa shape index (κ1) is 14.9. The van der Waals surface area contributed by atoms with Crippen molar-refractivity contribution in [2.24, 2.45) is 0 Å². The largest absolute Gasteiger partial charge is 0.344 e. The predicted octanol–water partition coefficient (Wildman–Crippen LogP) is 3.43. The first-order chi connectivity index (χ1) is 10.7. The Morgan fingerprint density at radius 3 is 2.59 bits per heavy atom. The molecule has 0 atom stereocenters. The Bertz CT molecular complexity index is 765. The van der Waals surface area contributed by atoms with Crippen molar-refractivity contribution in [3.8, 4) is 0 Å². The van der Waals surface area contributed by atoms with E-state index in [0.29, 0.717) is 12.2 Å². The van der Waals surface area contributed by atoms with Crippen LogP contribution in [0, 0.1) is 6.92 Å². The lowest BCUT2D eigenvalue weighted by molar-refractivity contribution is 0.0946. The van der Waals surface area contributed by atoms with Crippen molar-refractivity contribution < 1.29 is 4.79 Å². The molecule has 3 rings (SSSR count). The van der Waals surface area contributed by atoms with Gasteiger partial charge in [0, 0.05) is 22.9 Å². The molecule has 4 nitrogen and oxygen atoms in total. The van der Waals surface area contributed by atoms with E-state index in [9.17, 15) is 4.79 Å². The molecule has 0 saturated heterocycles. The molecule has 0 saturated carbocycles. The smallest absolute Gasteiger partial charge is 0.271 e. The quantitative estimate of drug-likeness (QED) is 0.780. The van der Waals surface area contributed by atoms with E-state index >= 15 is 0 Å². The van der Waals surface area contributed by atoms with Crippen molar-refractivity contribution in [3.63, 3.8) is 0 Å². The SMILES string of the molecule is Cc1csc(CNC(=O)c2csc(Cc3ccccc3)n2)n1. The zero-order valence-electron chi connectivity index (χ0n) is 12.1. The number of nitrogens with one attached hydrogen (secondary N) is 1. The Balaban J connectivity index is 1.59. The van der Waals surface area contributed by atoms with Gasteiger partial charge >= 0.3 is 0 Å². The summed E-state index contributed by atoms with van der Waals surface area (Å²) in [7, 11) is 0. The molecule has 0 unspecified atom stereocenters. The Labute approximate surface area is 136 Å². The van der Waals surface area contributed by atoms with E-state index in [2.05, 4.69) is 27.4 Å². The maximum absolute atomic E-state index is 12.1. The van der Waals surface area contributed by atoms with Crippen LogP contribution in [0.1, 0.15) is 31.8 Å². The molecule has 2 aromatic heterocycles. The highest BCUT2D eigenvalue weighted by Gasteiger charge is 2.11. The van der Waals surface area contributed by atoms with Crippen LogP contribution >= 0.6 is 22.7 Å². The fourth-order valence-electron chi connectivity index (χ4n) is 2.00. The summed E-state index contributed by atoms with van der Waals surface area (Å²) in [5, 5.41) is 8.49. The Kier molecular flexibility index (Phi) is 4.60. The average molecular weight is 329 g/mol. The summed E-state index contributed by atoms with van der Waals surface area (Å²) in [6.45, 7) is 2.39. The molecular formula is C16H15N3OS2. The van der Waals surface area contributed by atoms with E-state index < -0.39 is 0 Å². The summed E-state index contributed by atoms with van der Waals surface area (Å²) >= 11 is 3.06. The minimum Gasteiger partial charge on any atom is -0.344 e. The van der Waals surface area contributed by atoms with Crippen LogP contribution < -0.4 is 5.32 Å². The summed E-state index contributed by atoms with van der Waals surface area (Å²) < 4.78 is 0. The molecule has 112 valence electrons. The minimum atomic E-state index is -0.150. The zero-order valence-corrected chi connectivity index (χ0v) is 13.7. The molecule has 22 heavy (non-hydrogen) atoms. The van der Waals surface area contributed by atoms with Crippen LogP contribution in [0.5, 0.6) is 0 Å². The Hall–Kier alpha value is -2.05. The van der Waals surface area contributed by atoms with E-state index in [1.54, 1.807) is 16.7 Å². The standard InChI is InChI=1S/C16H15N3OS2/c1-11-9-21-15(18-11)8-17-16(20)13-10-22-14(19-13)7-12-5-3-2-4-6-12/h2-6,9-10H,7-8H2,1H3,(H,17,20). The second kappa shape index (κ2) is 6.81. The maximum Gasteiger partial charge on any atom is 0.271 e. The highest BCUT2D eigenvalue weighted by molar-refractivity contribution is 7.10. The van der Waals surface area contributed by atoms with E-state index in [4.69, 9.17) is 0 Å². The van der Waals surface area contributed by atoms with Crippen molar-refractivity contribution >= 4 is 28.6 Å². The number of hydrogen-bond acceptors (Lipinski definition) is 5. The first-order valence-corrected chi connectivity index (χ1v) is 8.64. The van der Waals surface area contributed by atoms with E-state index in [1.807, 2.05) is 30.5 Å². The van der Waals surface area contributed by atoms with Gasteiger partial charge in [-0.15, -0.1) is 22.7 Å². The van der Waals surface area contributed by atoms with Crippen LogP contribution in [-0.2, 0) is 13.0 Å².